The highest BCUT2D eigenvalue weighted by atomic mass is 19.4. The molecule has 0 spiro atoms. The van der Waals surface area contributed by atoms with Crippen molar-refractivity contribution in [3.63, 3.8) is 0 Å². The van der Waals surface area contributed by atoms with E-state index in [9.17, 15) is 13.2 Å². The lowest BCUT2D eigenvalue weighted by Crippen LogP contribution is -2.21. The second-order valence-corrected chi connectivity index (χ2v) is 7.93. The molecule has 0 radical (unpaired) electrons. The fourth-order valence-electron chi connectivity index (χ4n) is 4.37. The monoisotopic (exact) mass is 414 g/mol. The van der Waals surface area contributed by atoms with E-state index < -0.39 is 11.7 Å². The van der Waals surface area contributed by atoms with Gasteiger partial charge in [-0.15, -0.1) is 5.10 Å². The maximum absolute atomic E-state index is 12.7. The molecule has 3 aromatic heterocycles. The molecule has 1 aliphatic rings. The normalized spacial score (nSPS) is 20.1. The van der Waals surface area contributed by atoms with E-state index in [1.54, 1.807) is 10.8 Å². The van der Waals surface area contributed by atoms with E-state index in [0.717, 1.165) is 72.3 Å². The van der Waals surface area contributed by atoms with Crippen LogP contribution < -0.4 is 5.32 Å². The second kappa shape index (κ2) is 7.30. The summed E-state index contributed by atoms with van der Waals surface area (Å²) >= 11 is 0. The fraction of sp³-hybridized carbons (Fsp3) is 0.381. The summed E-state index contributed by atoms with van der Waals surface area (Å²) < 4.78 is 39.8. The quantitative estimate of drug-likeness (QED) is 0.492. The molecule has 5 rings (SSSR count). The zero-order chi connectivity index (χ0) is 20.7. The zero-order valence-electron chi connectivity index (χ0n) is 16.2. The van der Waals surface area contributed by atoms with E-state index in [1.807, 2.05) is 12.3 Å². The summed E-state index contributed by atoms with van der Waals surface area (Å²) in [6.07, 6.45) is 3.37. The summed E-state index contributed by atoms with van der Waals surface area (Å²) in [5, 5.41) is 13.0. The third-order valence-electron chi connectivity index (χ3n) is 6.04. The Bertz CT molecular complexity index is 1150. The first kappa shape index (κ1) is 18.9. The van der Waals surface area contributed by atoms with Gasteiger partial charge in [-0.25, -0.2) is 9.50 Å². The molecular formula is C21H21F3N6. The molecule has 156 valence electrons. The van der Waals surface area contributed by atoms with Gasteiger partial charge in [-0.3, -0.25) is 0 Å². The molecule has 3 heterocycles. The summed E-state index contributed by atoms with van der Waals surface area (Å²) in [6, 6.07) is 7.23. The van der Waals surface area contributed by atoms with Crippen LogP contribution in [0.15, 0.2) is 42.9 Å². The number of nitrogens with one attached hydrogen (secondary N) is 2. The molecule has 0 saturated heterocycles. The van der Waals surface area contributed by atoms with Crippen LogP contribution in [0.5, 0.6) is 0 Å². The predicted octanol–water partition coefficient (Wildman–Crippen LogP) is 5.01. The highest BCUT2D eigenvalue weighted by molar-refractivity contribution is 5.92. The number of H-pyrrole nitrogens is 1. The SMILES string of the molecule is FC(F)(F)c1ccc(NCC2CCC(c3nnn4cnc5[nH]ccc5c34)CC2)cc1. The molecule has 0 unspecified atom stereocenters. The largest absolute Gasteiger partial charge is 0.416 e. The van der Waals surface area contributed by atoms with Gasteiger partial charge in [0.15, 0.2) is 0 Å². The van der Waals surface area contributed by atoms with Crippen LogP contribution in [0.3, 0.4) is 0 Å². The zero-order valence-corrected chi connectivity index (χ0v) is 16.2. The van der Waals surface area contributed by atoms with E-state index >= 15 is 0 Å². The Kier molecular flexibility index (Phi) is 4.60. The number of alkyl halides is 3. The van der Waals surface area contributed by atoms with Crippen LogP contribution in [0.1, 0.15) is 42.9 Å². The number of nitrogens with zero attached hydrogens (tertiary/aromatic N) is 4. The lowest BCUT2D eigenvalue weighted by molar-refractivity contribution is -0.137. The van der Waals surface area contributed by atoms with Gasteiger partial charge in [0.05, 0.1) is 11.3 Å². The number of aromatic nitrogens is 5. The number of hydrogen-bond donors (Lipinski definition) is 2. The Balaban J connectivity index is 1.22. The molecule has 30 heavy (non-hydrogen) atoms. The predicted molar refractivity (Wildman–Crippen MR) is 107 cm³/mol. The molecular weight excluding hydrogens is 393 g/mol. The van der Waals surface area contributed by atoms with Gasteiger partial charge in [-0.1, -0.05) is 5.21 Å². The Labute approximate surface area is 170 Å². The molecule has 0 atom stereocenters. The standard InChI is InChI=1S/C21H21F3N6/c22-21(23,24)15-5-7-16(8-6-15)26-11-13-1-3-14(4-2-13)18-19-17-9-10-25-20(17)27-12-30(19)29-28-18/h5-10,12-14,25-26H,1-4,11H2. The van der Waals surface area contributed by atoms with Crippen LogP contribution in [-0.2, 0) is 6.18 Å². The highest BCUT2D eigenvalue weighted by Gasteiger charge is 2.30. The number of benzene rings is 1. The Hall–Kier alpha value is -3.10. The second-order valence-electron chi connectivity index (χ2n) is 7.93. The average molecular weight is 414 g/mol. The van der Waals surface area contributed by atoms with Crippen LogP contribution in [0, 0.1) is 5.92 Å². The van der Waals surface area contributed by atoms with E-state index in [0.29, 0.717) is 11.8 Å². The van der Waals surface area contributed by atoms with Gasteiger partial charge in [0, 0.05) is 29.7 Å². The molecule has 1 aliphatic carbocycles. The molecule has 1 aromatic carbocycles. The van der Waals surface area contributed by atoms with E-state index in [2.05, 4.69) is 25.6 Å². The molecule has 9 heteroatoms. The van der Waals surface area contributed by atoms with Crippen molar-refractivity contribution < 1.29 is 13.2 Å². The number of anilines is 1. The highest BCUT2D eigenvalue weighted by Crippen LogP contribution is 2.38. The minimum atomic E-state index is -4.30. The van der Waals surface area contributed by atoms with Crippen LogP contribution in [0.25, 0.3) is 16.6 Å². The van der Waals surface area contributed by atoms with Gasteiger partial charge >= 0.3 is 6.18 Å². The summed E-state index contributed by atoms with van der Waals surface area (Å²) in [6.45, 7) is 0.756. The number of hydrogen-bond acceptors (Lipinski definition) is 4. The number of fused-ring (bicyclic) bond motifs is 3. The van der Waals surface area contributed by atoms with Crippen molar-refractivity contribution in [1.82, 2.24) is 24.8 Å². The summed E-state index contributed by atoms with van der Waals surface area (Å²) in [5.41, 5.74) is 2.97. The number of halogens is 3. The van der Waals surface area contributed by atoms with Crippen molar-refractivity contribution >= 4 is 22.2 Å². The number of aromatic amines is 1. The van der Waals surface area contributed by atoms with Crippen LogP contribution in [-0.4, -0.2) is 31.3 Å². The average Bonchev–Trinajstić information content (AvgIpc) is 3.38. The molecule has 0 aliphatic heterocycles. The first-order valence-electron chi connectivity index (χ1n) is 10.1. The lowest BCUT2D eigenvalue weighted by atomic mass is 9.80. The van der Waals surface area contributed by atoms with Gasteiger partial charge in [0.1, 0.15) is 17.5 Å². The van der Waals surface area contributed by atoms with Crippen molar-refractivity contribution in [3.05, 3.63) is 54.1 Å². The third kappa shape index (κ3) is 3.48. The molecule has 4 aromatic rings. The van der Waals surface area contributed by atoms with Crippen molar-refractivity contribution in [1.29, 1.82) is 0 Å². The third-order valence-corrected chi connectivity index (χ3v) is 6.04. The van der Waals surface area contributed by atoms with Gasteiger partial charge < -0.3 is 10.3 Å². The number of rotatable bonds is 4. The molecule has 0 bridgehead atoms. The van der Waals surface area contributed by atoms with E-state index in [-0.39, 0.29) is 0 Å². The molecule has 6 nitrogen and oxygen atoms in total. The summed E-state index contributed by atoms with van der Waals surface area (Å²) in [4.78, 5) is 7.48. The van der Waals surface area contributed by atoms with Crippen molar-refractivity contribution in [3.8, 4) is 0 Å². The Morgan fingerprint density at radius 2 is 1.83 bits per heavy atom. The topological polar surface area (TPSA) is 70.9 Å². The molecule has 1 fully saturated rings. The Morgan fingerprint density at radius 1 is 1.07 bits per heavy atom. The maximum atomic E-state index is 12.7. The minimum Gasteiger partial charge on any atom is -0.385 e. The van der Waals surface area contributed by atoms with Gasteiger partial charge in [-0.05, 0) is 61.9 Å². The minimum absolute atomic E-state index is 0.352. The van der Waals surface area contributed by atoms with Crippen LogP contribution >= 0.6 is 0 Å². The van der Waals surface area contributed by atoms with Crippen LogP contribution in [0.4, 0.5) is 18.9 Å². The smallest absolute Gasteiger partial charge is 0.385 e. The Morgan fingerprint density at radius 3 is 2.57 bits per heavy atom. The van der Waals surface area contributed by atoms with Crippen molar-refractivity contribution in [2.45, 2.75) is 37.8 Å². The van der Waals surface area contributed by atoms with Crippen molar-refractivity contribution in [2.24, 2.45) is 5.92 Å². The molecule has 1 saturated carbocycles. The van der Waals surface area contributed by atoms with E-state index in [4.69, 9.17) is 0 Å². The van der Waals surface area contributed by atoms with Crippen LogP contribution in [0.2, 0.25) is 0 Å². The summed E-state index contributed by atoms with van der Waals surface area (Å²) in [5.74, 6) is 0.838. The van der Waals surface area contributed by atoms with Gasteiger partial charge in [-0.2, -0.15) is 13.2 Å². The first-order chi connectivity index (χ1) is 14.5. The fourth-order valence-corrected chi connectivity index (χ4v) is 4.37. The van der Waals surface area contributed by atoms with Gasteiger partial charge in [0.25, 0.3) is 0 Å². The summed E-state index contributed by atoms with van der Waals surface area (Å²) in [7, 11) is 0. The van der Waals surface area contributed by atoms with Crippen molar-refractivity contribution in [2.75, 3.05) is 11.9 Å². The lowest BCUT2D eigenvalue weighted by Gasteiger charge is -2.28. The van der Waals surface area contributed by atoms with E-state index in [1.165, 1.54) is 12.1 Å². The molecule has 2 N–H and O–H groups in total. The van der Waals surface area contributed by atoms with Gasteiger partial charge in [0.2, 0.25) is 0 Å². The first-order valence-corrected chi connectivity index (χ1v) is 10.1. The maximum Gasteiger partial charge on any atom is 0.416 e. The molecule has 0 amide bonds.